The maximum absolute atomic E-state index is 12.9. The number of thiazole rings is 1. The summed E-state index contributed by atoms with van der Waals surface area (Å²) in [5.41, 5.74) is 1.53. The van der Waals surface area contributed by atoms with E-state index in [9.17, 15) is 13.2 Å². The molecular formula is C22H31N3O3S2. The van der Waals surface area contributed by atoms with Crippen LogP contribution in [0.5, 0.6) is 0 Å². The van der Waals surface area contributed by atoms with E-state index in [1.807, 2.05) is 12.3 Å². The second-order valence-corrected chi connectivity index (χ2v) is 10.9. The van der Waals surface area contributed by atoms with Crippen molar-refractivity contribution in [1.29, 1.82) is 0 Å². The summed E-state index contributed by atoms with van der Waals surface area (Å²) in [6.07, 6.45) is 7.94. The zero-order valence-electron chi connectivity index (χ0n) is 17.8. The molecule has 3 rings (SSSR count). The number of aryl methyl sites for hydroxylation is 2. The van der Waals surface area contributed by atoms with E-state index in [0.717, 1.165) is 55.6 Å². The largest absolute Gasteiger partial charge is 0.352 e. The van der Waals surface area contributed by atoms with E-state index in [1.54, 1.807) is 30.5 Å². The van der Waals surface area contributed by atoms with Crippen LogP contribution in [0.4, 0.5) is 0 Å². The zero-order chi connectivity index (χ0) is 21.6. The first-order chi connectivity index (χ1) is 14.4. The topological polar surface area (TPSA) is 79.4 Å². The van der Waals surface area contributed by atoms with Gasteiger partial charge in [-0.1, -0.05) is 19.3 Å². The van der Waals surface area contributed by atoms with Crippen molar-refractivity contribution in [2.75, 3.05) is 13.6 Å². The molecule has 1 aliphatic rings. The molecule has 1 fully saturated rings. The van der Waals surface area contributed by atoms with Crippen molar-refractivity contribution in [2.24, 2.45) is 0 Å². The van der Waals surface area contributed by atoms with Crippen LogP contribution in [0.25, 0.3) is 0 Å². The van der Waals surface area contributed by atoms with Gasteiger partial charge in [-0.05, 0) is 63.3 Å². The highest BCUT2D eigenvalue weighted by molar-refractivity contribution is 7.89. The van der Waals surface area contributed by atoms with E-state index >= 15 is 0 Å². The number of benzene rings is 1. The molecule has 1 heterocycles. The predicted octanol–water partition coefficient (Wildman–Crippen LogP) is 4.16. The molecular weight excluding hydrogens is 418 g/mol. The smallest absolute Gasteiger partial charge is 0.251 e. The first-order valence-electron chi connectivity index (χ1n) is 10.7. The van der Waals surface area contributed by atoms with Crippen LogP contribution < -0.4 is 5.32 Å². The average molecular weight is 450 g/mol. The van der Waals surface area contributed by atoms with Crippen LogP contribution >= 0.6 is 11.3 Å². The molecule has 0 bridgehead atoms. The quantitative estimate of drug-likeness (QED) is 0.583. The molecule has 2 aromatic rings. The molecule has 0 spiro atoms. The van der Waals surface area contributed by atoms with Gasteiger partial charge in [0, 0.05) is 36.3 Å². The van der Waals surface area contributed by atoms with Gasteiger partial charge in [-0.25, -0.2) is 13.4 Å². The van der Waals surface area contributed by atoms with Crippen LogP contribution in [0.1, 0.15) is 66.0 Å². The summed E-state index contributed by atoms with van der Waals surface area (Å²) in [7, 11) is -1.87. The van der Waals surface area contributed by atoms with Gasteiger partial charge in [-0.2, -0.15) is 4.31 Å². The van der Waals surface area contributed by atoms with Gasteiger partial charge in [-0.15, -0.1) is 11.3 Å². The third kappa shape index (κ3) is 5.89. The minimum absolute atomic E-state index is 0.0695. The van der Waals surface area contributed by atoms with Crippen molar-refractivity contribution in [1.82, 2.24) is 14.6 Å². The van der Waals surface area contributed by atoms with E-state index in [2.05, 4.69) is 10.3 Å². The SMILES string of the molecule is Cc1csc(CCCCNC(=O)c2ccc(S(=O)(=O)N(C)C3CCCCC3)cc2)n1. The van der Waals surface area contributed by atoms with Crippen molar-refractivity contribution < 1.29 is 13.2 Å². The second kappa shape index (κ2) is 10.5. The number of carbonyl (C=O) groups excluding carboxylic acids is 1. The first-order valence-corrected chi connectivity index (χ1v) is 13.0. The Hall–Kier alpha value is -1.77. The fourth-order valence-electron chi connectivity index (χ4n) is 3.81. The number of hydrogen-bond acceptors (Lipinski definition) is 5. The Kier molecular flexibility index (Phi) is 8.02. The van der Waals surface area contributed by atoms with E-state index in [-0.39, 0.29) is 16.8 Å². The van der Waals surface area contributed by atoms with E-state index in [4.69, 9.17) is 0 Å². The minimum atomic E-state index is -3.53. The Labute approximate surface area is 183 Å². The van der Waals surface area contributed by atoms with Gasteiger partial charge in [0.25, 0.3) is 5.91 Å². The number of nitrogens with one attached hydrogen (secondary N) is 1. The third-order valence-corrected chi connectivity index (χ3v) is 8.60. The summed E-state index contributed by atoms with van der Waals surface area (Å²) in [5.74, 6) is -0.176. The molecule has 1 aromatic carbocycles. The summed E-state index contributed by atoms with van der Waals surface area (Å²) in [6.45, 7) is 2.58. The molecule has 0 aliphatic heterocycles. The Bertz CT molecular complexity index is 933. The lowest BCUT2D eigenvalue weighted by molar-refractivity contribution is 0.0953. The molecule has 30 heavy (non-hydrogen) atoms. The number of unbranched alkanes of at least 4 members (excludes halogenated alkanes) is 1. The highest BCUT2D eigenvalue weighted by atomic mass is 32.2. The van der Waals surface area contributed by atoms with Gasteiger partial charge in [-0.3, -0.25) is 4.79 Å². The van der Waals surface area contributed by atoms with Gasteiger partial charge < -0.3 is 5.32 Å². The number of rotatable bonds is 9. The molecule has 0 unspecified atom stereocenters. The van der Waals surface area contributed by atoms with Crippen LogP contribution in [0.3, 0.4) is 0 Å². The lowest BCUT2D eigenvalue weighted by Gasteiger charge is -2.30. The molecule has 1 amide bonds. The molecule has 0 atom stereocenters. The van der Waals surface area contributed by atoms with Crippen LogP contribution in [0.15, 0.2) is 34.5 Å². The van der Waals surface area contributed by atoms with Crippen molar-refractivity contribution in [3.05, 3.63) is 45.9 Å². The first kappa shape index (κ1) is 22.9. The van der Waals surface area contributed by atoms with E-state index in [0.29, 0.717) is 12.1 Å². The summed E-state index contributed by atoms with van der Waals surface area (Å²) in [5, 5.41) is 6.09. The molecule has 1 aliphatic carbocycles. The maximum Gasteiger partial charge on any atom is 0.251 e. The highest BCUT2D eigenvalue weighted by Gasteiger charge is 2.29. The van der Waals surface area contributed by atoms with Crippen molar-refractivity contribution in [3.63, 3.8) is 0 Å². The molecule has 0 saturated heterocycles. The predicted molar refractivity (Wildman–Crippen MR) is 120 cm³/mol. The Morgan fingerprint density at radius 1 is 1.17 bits per heavy atom. The summed E-state index contributed by atoms with van der Waals surface area (Å²) < 4.78 is 27.3. The molecule has 1 saturated carbocycles. The van der Waals surface area contributed by atoms with Gasteiger partial charge >= 0.3 is 0 Å². The fraction of sp³-hybridized carbons (Fsp3) is 0.545. The molecule has 6 nitrogen and oxygen atoms in total. The number of sulfonamides is 1. The van der Waals surface area contributed by atoms with E-state index in [1.165, 1.54) is 22.9 Å². The summed E-state index contributed by atoms with van der Waals surface area (Å²) in [6, 6.07) is 6.33. The van der Waals surface area contributed by atoms with Crippen molar-refractivity contribution in [2.45, 2.75) is 69.2 Å². The van der Waals surface area contributed by atoms with Crippen molar-refractivity contribution in [3.8, 4) is 0 Å². The fourth-order valence-corrected chi connectivity index (χ4v) is 6.04. The molecule has 1 N–H and O–H groups in total. The second-order valence-electron chi connectivity index (χ2n) is 7.93. The molecule has 164 valence electrons. The molecule has 8 heteroatoms. The number of nitrogens with zero attached hydrogens (tertiary/aromatic N) is 2. The lowest BCUT2D eigenvalue weighted by Crippen LogP contribution is -2.38. The number of amides is 1. The Morgan fingerprint density at radius 3 is 2.50 bits per heavy atom. The lowest BCUT2D eigenvalue weighted by atomic mass is 9.96. The third-order valence-electron chi connectivity index (χ3n) is 5.65. The molecule has 0 radical (unpaired) electrons. The van der Waals surface area contributed by atoms with Gasteiger partial charge in [0.1, 0.15) is 0 Å². The summed E-state index contributed by atoms with van der Waals surface area (Å²) in [4.78, 5) is 17.0. The number of aromatic nitrogens is 1. The number of carbonyl (C=O) groups is 1. The van der Waals surface area contributed by atoms with Crippen LogP contribution in [0.2, 0.25) is 0 Å². The summed E-state index contributed by atoms with van der Waals surface area (Å²) >= 11 is 1.67. The normalized spacial score (nSPS) is 15.4. The highest BCUT2D eigenvalue weighted by Crippen LogP contribution is 2.26. The monoisotopic (exact) mass is 449 g/mol. The standard InChI is InChI=1S/C22H31N3O3S2/c1-17-16-29-21(24-17)10-6-7-15-23-22(26)18-11-13-20(14-12-18)30(27,28)25(2)19-8-4-3-5-9-19/h11-14,16,19H,3-10,15H2,1-2H3,(H,23,26). The van der Waals surface area contributed by atoms with Gasteiger partial charge in [0.15, 0.2) is 0 Å². The Balaban J connectivity index is 1.48. The van der Waals surface area contributed by atoms with Crippen LogP contribution in [0, 0.1) is 6.92 Å². The maximum atomic E-state index is 12.9. The Morgan fingerprint density at radius 2 is 1.87 bits per heavy atom. The van der Waals surface area contributed by atoms with E-state index < -0.39 is 10.0 Å². The van der Waals surface area contributed by atoms with Crippen LogP contribution in [-0.2, 0) is 16.4 Å². The van der Waals surface area contributed by atoms with Crippen molar-refractivity contribution >= 4 is 27.3 Å². The van der Waals surface area contributed by atoms with Crippen LogP contribution in [-0.4, -0.2) is 43.2 Å². The average Bonchev–Trinajstić information content (AvgIpc) is 3.18. The molecule has 1 aromatic heterocycles. The minimum Gasteiger partial charge on any atom is -0.352 e. The van der Waals surface area contributed by atoms with Gasteiger partial charge in [0.2, 0.25) is 10.0 Å². The number of hydrogen-bond donors (Lipinski definition) is 1. The van der Waals surface area contributed by atoms with Gasteiger partial charge in [0.05, 0.1) is 9.90 Å². The zero-order valence-corrected chi connectivity index (χ0v) is 19.4.